The van der Waals surface area contributed by atoms with Gasteiger partial charge in [-0.3, -0.25) is 9.59 Å². The molecular weight excluding hydrogens is 518 g/mol. The lowest BCUT2D eigenvalue weighted by molar-refractivity contribution is -0.118. The Balaban J connectivity index is 1.62. The number of aryl methyl sites for hydroxylation is 2. The number of halogens is 2. The van der Waals surface area contributed by atoms with Gasteiger partial charge >= 0.3 is 0 Å². The lowest BCUT2D eigenvalue weighted by Crippen LogP contribution is -2.20. The standard InChI is InChI=1S/C26H21BrClN3O3/c1-16-3-7-22(11-17(16)2)30-25(32)15-34-24-10-4-18(13-23(24)27)12-19(14-29)26(33)31-21-8-5-20(28)6-9-21/h3-13H,15H2,1-2H3,(H,30,32)(H,31,33)/b19-12-. The molecule has 2 amide bonds. The Morgan fingerprint density at radius 1 is 1.00 bits per heavy atom. The summed E-state index contributed by atoms with van der Waals surface area (Å²) in [6, 6.07) is 19.2. The molecule has 0 saturated carbocycles. The molecule has 34 heavy (non-hydrogen) atoms. The van der Waals surface area contributed by atoms with Crippen molar-refractivity contribution in [2.24, 2.45) is 0 Å². The molecule has 0 saturated heterocycles. The van der Waals surface area contributed by atoms with Crippen LogP contribution in [0.3, 0.4) is 0 Å². The molecule has 3 rings (SSSR count). The van der Waals surface area contributed by atoms with Gasteiger partial charge in [-0.05, 0) is 101 Å². The number of rotatable bonds is 7. The second kappa shape index (κ2) is 11.5. The third-order valence-corrected chi connectivity index (χ3v) is 5.76. The molecule has 6 nitrogen and oxygen atoms in total. The first-order valence-electron chi connectivity index (χ1n) is 10.2. The first-order chi connectivity index (χ1) is 16.2. The summed E-state index contributed by atoms with van der Waals surface area (Å²) in [4.78, 5) is 24.7. The quantitative estimate of drug-likeness (QED) is 0.273. The number of carbonyl (C=O) groups is 2. The van der Waals surface area contributed by atoms with Gasteiger partial charge in [0, 0.05) is 16.4 Å². The van der Waals surface area contributed by atoms with Crippen LogP contribution in [0.25, 0.3) is 6.08 Å². The van der Waals surface area contributed by atoms with Crippen molar-refractivity contribution < 1.29 is 14.3 Å². The summed E-state index contributed by atoms with van der Waals surface area (Å²) in [6.45, 7) is 3.81. The molecule has 0 unspecified atom stereocenters. The van der Waals surface area contributed by atoms with Gasteiger partial charge in [-0.25, -0.2) is 0 Å². The van der Waals surface area contributed by atoms with Crippen molar-refractivity contribution in [3.05, 3.63) is 92.4 Å². The second-order valence-corrected chi connectivity index (χ2v) is 8.75. The lowest BCUT2D eigenvalue weighted by Gasteiger charge is -2.11. The fourth-order valence-electron chi connectivity index (χ4n) is 2.93. The van der Waals surface area contributed by atoms with Crippen molar-refractivity contribution in [1.82, 2.24) is 0 Å². The Kier molecular flexibility index (Phi) is 8.47. The van der Waals surface area contributed by atoms with Gasteiger partial charge in [-0.2, -0.15) is 5.26 Å². The van der Waals surface area contributed by atoms with Crippen LogP contribution in [0.15, 0.2) is 70.7 Å². The monoisotopic (exact) mass is 537 g/mol. The van der Waals surface area contributed by atoms with E-state index in [1.165, 1.54) is 6.08 Å². The van der Waals surface area contributed by atoms with E-state index in [9.17, 15) is 14.9 Å². The number of anilines is 2. The predicted octanol–water partition coefficient (Wildman–Crippen LogP) is 6.28. The maximum Gasteiger partial charge on any atom is 0.266 e. The van der Waals surface area contributed by atoms with Crippen molar-refractivity contribution in [1.29, 1.82) is 5.26 Å². The van der Waals surface area contributed by atoms with E-state index in [4.69, 9.17) is 16.3 Å². The summed E-state index contributed by atoms with van der Waals surface area (Å²) < 4.78 is 6.19. The summed E-state index contributed by atoms with van der Waals surface area (Å²) in [7, 11) is 0. The van der Waals surface area contributed by atoms with Crippen molar-refractivity contribution in [3.63, 3.8) is 0 Å². The lowest BCUT2D eigenvalue weighted by atomic mass is 10.1. The number of benzene rings is 3. The molecule has 0 radical (unpaired) electrons. The summed E-state index contributed by atoms with van der Waals surface area (Å²) >= 11 is 9.26. The number of amides is 2. The molecule has 0 fully saturated rings. The molecule has 0 heterocycles. The fourth-order valence-corrected chi connectivity index (χ4v) is 3.57. The maximum atomic E-state index is 12.4. The Bertz CT molecular complexity index is 1300. The largest absolute Gasteiger partial charge is 0.483 e. The van der Waals surface area contributed by atoms with Gasteiger partial charge < -0.3 is 15.4 Å². The van der Waals surface area contributed by atoms with E-state index in [1.54, 1.807) is 42.5 Å². The minimum absolute atomic E-state index is 0.0664. The minimum Gasteiger partial charge on any atom is -0.483 e. The average molecular weight is 539 g/mol. The molecule has 0 atom stereocenters. The maximum absolute atomic E-state index is 12.4. The molecular formula is C26H21BrClN3O3. The Morgan fingerprint density at radius 2 is 1.71 bits per heavy atom. The van der Waals surface area contributed by atoms with Crippen molar-refractivity contribution in [3.8, 4) is 11.8 Å². The topological polar surface area (TPSA) is 91.2 Å². The van der Waals surface area contributed by atoms with Crippen LogP contribution in [0.2, 0.25) is 5.02 Å². The van der Waals surface area contributed by atoms with E-state index in [-0.39, 0.29) is 18.1 Å². The summed E-state index contributed by atoms with van der Waals surface area (Å²) in [5, 5.41) is 15.4. The van der Waals surface area contributed by atoms with E-state index in [1.807, 2.05) is 38.1 Å². The van der Waals surface area contributed by atoms with Crippen LogP contribution >= 0.6 is 27.5 Å². The highest BCUT2D eigenvalue weighted by Crippen LogP contribution is 2.27. The molecule has 0 aromatic heterocycles. The summed E-state index contributed by atoms with van der Waals surface area (Å²) in [5.41, 5.74) is 4.01. The third kappa shape index (κ3) is 6.95. The number of carbonyl (C=O) groups excluding carboxylic acids is 2. The van der Waals surface area contributed by atoms with E-state index < -0.39 is 5.91 Å². The first-order valence-corrected chi connectivity index (χ1v) is 11.4. The smallest absolute Gasteiger partial charge is 0.266 e. The van der Waals surface area contributed by atoms with Crippen LogP contribution in [0, 0.1) is 25.2 Å². The van der Waals surface area contributed by atoms with Crippen LogP contribution in [-0.2, 0) is 9.59 Å². The number of nitrogens with one attached hydrogen (secondary N) is 2. The third-order valence-electron chi connectivity index (χ3n) is 4.88. The van der Waals surface area contributed by atoms with Gasteiger partial charge in [0.1, 0.15) is 17.4 Å². The zero-order valence-electron chi connectivity index (χ0n) is 18.5. The summed E-state index contributed by atoms with van der Waals surface area (Å²) in [6.07, 6.45) is 1.46. The van der Waals surface area contributed by atoms with Crippen LogP contribution < -0.4 is 15.4 Å². The van der Waals surface area contributed by atoms with Gasteiger partial charge in [0.25, 0.3) is 11.8 Å². The van der Waals surface area contributed by atoms with Crippen molar-refractivity contribution in [2.45, 2.75) is 13.8 Å². The van der Waals surface area contributed by atoms with Gasteiger partial charge in [0.05, 0.1) is 4.47 Å². The highest BCUT2D eigenvalue weighted by atomic mass is 79.9. The van der Waals surface area contributed by atoms with Crippen molar-refractivity contribution in [2.75, 3.05) is 17.2 Å². The number of nitrogens with zero attached hydrogens (tertiary/aromatic N) is 1. The number of nitriles is 1. The molecule has 0 bridgehead atoms. The summed E-state index contributed by atoms with van der Waals surface area (Å²) in [5.74, 6) is -0.370. The van der Waals surface area contributed by atoms with Crippen LogP contribution in [0.1, 0.15) is 16.7 Å². The van der Waals surface area contributed by atoms with E-state index in [0.717, 1.165) is 11.1 Å². The molecule has 8 heteroatoms. The zero-order valence-corrected chi connectivity index (χ0v) is 20.8. The van der Waals surface area contributed by atoms with E-state index in [2.05, 4.69) is 26.6 Å². The highest BCUT2D eigenvalue weighted by molar-refractivity contribution is 9.10. The van der Waals surface area contributed by atoms with Crippen LogP contribution in [-0.4, -0.2) is 18.4 Å². The normalized spacial score (nSPS) is 10.9. The van der Waals surface area contributed by atoms with E-state index in [0.29, 0.717) is 32.2 Å². The predicted molar refractivity (Wildman–Crippen MR) is 138 cm³/mol. The van der Waals surface area contributed by atoms with Crippen LogP contribution in [0.5, 0.6) is 5.75 Å². The molecule has 0 spiro atoms. The SMILES string of the molecule is Cc1ccc(NC(=O)COc2ccc(/C=C(/C#N)C(=O)Nc3ccc(Cl)cc3)cc2Br)cc1C. The minimum atomic E-state index is -0.538. The number of ether oxygens (including phenoxy) is 1. The second-order valence-electron chi connectivity index (χ2n) is 7.46. The molecule has 0 aliphatic heterocycles. The molecule has 0 aliphatic carbocycles. The Hall–Kier alpha value is -3.60. The molecule has 0 aliphatic rings. The fraction of sp³-hybridized carbons (Fsp3) is 0.115. The van der Waals surface area contributed by atoms with Gasteiger partial charge in [0.15, 0.2) is 6.61 Å². The van der Waals surface area contributed by atoms with Crippen molar-refractivity contribution >= 4 is 56.8 Å². The number of hydrogen-bond donors (Lipinski definition) is 2. The van der Waals surface area contributed by atoms with Gasteiger partial charge in [-0.1, -0.05) is 23.7 Å². The number of hydrogen-bond acceptors (Lipinski definition) is 4. The van der Waals surface area contributed by atoms with Gasteiger partial charge in [-0.15, -0.1) is 0 Å². The molecule has 3 aromatic carbocycles. The molecule has 2 N–H and O–H groups in total. The first kappa shape index (κ1) is 25.0. The zero-order chi connectivity index (χ0) is 24.7. The Morgan fingerprint density at radius 3 is 2.35 bits per heavy atom. The Labute approximate surface area is 211 Å². The average Bonchev–Trinajstić information content (AvgIpc) is 2.80. The molecule has 3 aromatic rings. The highest BCUT2D eigenvalue weighted by Gasteiger charge is 2.11. The molecule has 172 valence electrons. The van der Waals surface area contributed by atoms with Crippen LogP contribution in [0.4, 0.5) is 11.4 Å². The van der Waals surface area contributed by atoms with E-state index >= 15 is 0 Å². The van der Waals surface area contributed by atoms with Gasteiger partial charge in [0.2, 0.25) is 0 Å².